The number of hydrogen-bond donors (Lipinski definition) is 0. The molecule has 0 aromatic carbocycles. The van der Waals surface area contributed by atoms with E-state index in [1.165, 1.54) is 6.08 Å². The summed E-state index contributed by atoms with van der Waals surface area (Å²) in [5, 5.41) is -0.714. The molecule has 0 aliphatic carbocycles. The number of rotatable bonds is 4. The smallest absolute Gasteiger partial charge is 0.314 e. The Balaban J connectivity index is 3.43. The van der Waals surface area contributed by atoms with Crippen molar-refractivity contribution in [2.75, 3.05) is 6.61 Å². The van der Waals surface area contributed by atoms with Gasteiger partial charge in [-0.1, -0.05) is 12.7 Å². The van der Waals surface area contributed by atoms with E-state index in [4.69, 9.17) is 11.6 Å². The van der Waals surface area contributed by atoms with Crippen molar-refractivity contribution in [1.29, 1.82) is 0 Å². The van der Waals surface area contributed by atoms with Crippen LogP contribution in [-0.2, 0) is 14.3 Å². The molecule has 0 radical (unpaired) electrons. The molecule has 0 atom stereocenters. The van der Waals surface area contributed by atoms with Crippen molar-refractivity contribution in [2.45, 2.75) is 6.42 Å². The average Bonchev–Trinajstić information content (AvgIpc) is 1.82. The molecule has 0 spiro atoms. The van der Waals surface area contributed by atoms with Crippen LogP contribution in [0.2, 0.25) is 0 Å². The van der Waals surface area contributed by atoms with Crippen molar-refractivity contribution >= 4 is 22.8 Å². The second-order valence-electron chi connectivity index (χ2n) is 1.50. The first-order valence-electron chi connectivity index (χ1n) is 2.61. The van der Waals surface area contributed by atoms with Gasteiger partial charge in [0, 0.05) is 0 Å². The summed E-state index contributed by atoms with van der Waals surface area (Å²) >= 11 is 4.89. The van der Waals surface area contributed by atoms with Crippen LogP contribution in [0.3, 0.4) is 0 Å². The third kappa shape index (κ3) is 5.31. The molecule has 0 amide bonds. The van der Waals surface area contributed by atoms with Gasteiger partial charge in [-0.3, -0.25) is 9.59 Å². The first kappa shape index (κ1) is 9.17. The van der Waals surface area contributed by atoms with Crippen LogP contribution in [0.15, 0.2) is 12.7 Å². The molecular formula is C6H7ClO3. The van der Waals surface area contributed by atoms with Crippen molar-refractivity contribution < 1.29 is 14.3 Å². The minimum absolute atomic E-state index is 0.114. The van der Waals surface area contributed by atoms with Gasteiger partial charge in [-0.2, -0.15) is 0 Å². The van der Waals surface area contributed by atoms with Crippen molar-refractivity contribution in [3.8, 4) is 0 Å². The van der Waals surface area contributed by atoms with Crippen LogP contribution < -0.4 is 0 Å². The van der Waals surface area contributed by atoms with Crippen molar-refractivity contribution in [2.24, 2.45) is 0 Å². The zero-order chi connectivity index (χ0) is 7.98. The van der Waals surface area contributed by atoms with E-state index in [0.29, 0.717) is 0 Å². The number of hydrogen-bond acceptors (Lipinski definition) is 3. The maximum atomic E-state index is 10.4. The molecule has 10 heavy (non-hydrogen) atoms. The van der Waals surface area contributed by atoms with E-state index in [1.807, 2.05) is 0 Å². The molecule has 4 heteroatoms. The zero-order valence-corrected chi connectivity index (χ0v) is 6.06. The van der Waals surface area contributed by atoms with Crippen LogP contribution in [0.5, 0.6) is 0 Å². The number of halogens is 1. The molecule has 0 aliphatic heterocycles. The van der Waals surface area contributed by atoms with E-state index < -0.39 is 11.2 Å². The molecule has 0 saturated heterocycles. The monoisotopic (exact) mass is 162 g/mol. The molecule has 0 aromatic heterocycles. The third-order valence-electron chi connectivity index (χ3n) is 0.645. The summed E-state index contributed by atoms with van der Waals surface area (Å²) in [6.45, 7) is 3.43. The molecule has 0 bridgehead atoms. The van der Waals surface area contributed by atoms with Gasteiger partial charge < -0.3 is 4.74 Å². The van der Waals surface area contributed by atoms with E-state index in [2.05, 4.69) is 11.3 Å². The van der Waals surface area contributed by atoms with Crippen LogP contribution in [0.1, 0.15) is 6.42 Å². The first-order chi connectivity index (χ1) is 4.66. The highest BCUT2D eigenvalue weighted by Crippen LogP contribution is 1.91. The summed E-state index contributed by atoms with van der Waals surface area (Å²) in [4.78, 5) is 20.5. The number of carbonyl (C=O) groups excluding carboxylic acids is 2. The van der Waals surface area contributed by atoms with Gasteiger partial charge in [0.25, 0.3) is 0 Å². The van der Waals surface area contributed by atoms with Crippen LogP contribution in [0, 0.1) is 0 Å². The van der Waals surface area contributed by atoms with Crippen molar-refractivity contribution in [3.63, 3.8) is 0 Å². The quantitative estimate of drug-likeness (QED) is 0.267. The van der Waals surface area contributed by atoms with Gasteiger partial charge >= 0.3 is 5.97 Å². The fraction of sp³-hybridized carbons (Fsp3) is 0.333. The summed E-state index contributed by atoms with van der Waals surface area (Å²) in [7, 11) is 0. The van der Waals surface area contributed by atoms with E-state index in [1.54, 1.807) is 0 Å². The Hall–Kier alpha value is -0.830. The van der Waals surface area contributed by atoms with Gasteiger partial charge in [0.2, 0.25) is 5.24 Å². The Labute approximate surface area is 63.6 Å². The van der Waals surface area contributed by atoms with Crippen LogP contribution in [-0.4, -0.2) is 17.8 Å². The second-order valence-corrected chi connectivity index (χ2v) is 1.93. The molecular weight excluding hydrogens is 156 g/mol. The lowest BCUT2D eigenvalue weighted by molar-refractivity contribution is -0.143. The van der Waals surface area contributed by atoms with Crippen molar-refractivity contribution in [1.82, 2.24) is 0 Å². The zero-order valence-electron chi connectivity index (χ0n) is 5.30. The van der Waals surface area contributed by atoms with E-state index in [0.717, 1.165) is 0 Å². The largest absolute Gasteiger partial charge is 0.461 e. The van der Waals surface area contributed by atoms with Crippen LogP contribution in [0.25, 0.3) is 0 Å². The topological polar surface area (TPSA) is 43.4 Å². The molecule has 0 unspecified atom stereocenters. The van der Waals surface area contributed by atoms with Gasteiger partial charge in [-0.05, 0) is 11.6 Å². The van der Waals surface area contributed by atoms with E-state index >= 15 is 0 Å². The highest BCUT2D eigenvalue weighted by Gasteiger charge is 2.05. The standard InChI is InChI=1S/C6H7ClO3/c1-2-3-10-6(9)4-5(7)8/h2H,1,3-4H2. The Kier molecular flexibility index (Phi) is 4.58. The first-order valence-corrected chi connectivity index (χ1v) is 2.99. The minimum Gasteiger partial charge on any atom is -0.461 e. The minimum atomic E-state index is -0.714. The normalized spacial score (nSPS) is 8.50. The number of ether oxygens (including phenoxy) is 1. The van der Waals surface area contributed by atoms with Crippen LogP contribution in [0.4, 0.5) is 0 Å². The summed E-state index contributed by atoms with van der Waals surface area (Å²) in [5.41, 5.74) is 0. The molecule has 0 aromatic rings. The highest BCUT2D eigenvalue weighted by molar-refractivity contribution is 6.64. The molecule has 0 heterocycles. The van der Waals surface area contributed by atoms with Crippen LogP contribution >= 0.6 is 11.6 Å². The lowest BCUT2D eigenvalue weighted by Gasteiger charge is -1.96. The maximum Gasteiger partial charge on any atom is 0.314 e. The van der Waals surface area contributed by atoms with E-state index in [9.17, 15) is 9.59 Å². The predicted octanol–water partition coefficient (Wildman–Crippen LogP) is 0.871. The number of esters is 1. The van der Waals surface area contributed by atoms with Gasteiger partial charge in [-0.25, -0.2) is 0 Å². The van der Waals surface area contributed by atoms with Crippen molar-refractivity contribution in [3.05, 3.63) is 12.7 Å². The van der Waals surface area contributed by atoms with E-state index in [-0.39, 0.29) is 13.0 Å². The summed E-state index contributed by atoms with van der Waals surface area (Å²) in [6.07, 6.45) is 1.03. The van der Waals surface area contributed by atoms with Gasteiger partial charge in [0.15, 0.2) is 0 Å². The SMILES string of the molecule is C=CCOC(=O)CC(=O)Cl. The van der Waals surface area contributed by atoms with Gasteiger partial charge in [0.1, 0.15) is 13.0 Å². The second kappa shape index (κ2) is 4.99. The maximum absolute atomic E-state index is 10.4. The summed E-state index contributed by atoms with van der Waals surface area (Å²) in [6, 6.07) is 0. The summed E-state index contributed by atoms with van der Waals surface area (Å²) < 4.78 is 4.44. The molecule has 3 nitrogen and oxygen atoms in total. The molecule has 0 rings (SSSR count). The summed E-state index contributed by atoms with van der Waals surface area (Å²) in [5.74, 6) is -0.625. The lowest BCUT2D eigenvalue weighted by atomic mass is 10.5. The Morgan fingerprint density at radius 3 is 2.60 bits per heavy atom. The van der Waals surface area contributed by atoms with Gasteiger partial charge in [-0.15, -0.1) is 0 Å². The lowest BCUT2D eigenvalue weighted by Crippen LogP contribution is -2.07. The molecule has 0 N–H and O–H groups in total. The molecule has 0 fully saturated rings. The third-order valence-corrected chi connectivity index (χ3v) is 0.779. The predicted molar refractivity (Wildman–Crippen MR) is 36.6 cm³/mol. The Bertz CT molecular complexity index is 153. The fourth-order valence-corrected chi connectivity index (χ4v) is 0.425. The molecule has 0 aliphatic rings. The van der Waals surface area contributed by atoms with Gasteiger partial charge in [0.05, 0.1) is 0 Å². The Morgan fingerprint density at radius 2 is 2.20 bits per heavy atom. The highest BCUT2D eigenvalue weighted by atomic mass is 35.5. The number of carbonyl (C=O) groups is 2. The molecule has 0 saturated carbocycles. The fourth-order valence-electron chi connectivity index (χ4n) is 0.316. The average molecular weight is 163 g/mol. The molecule has 56 valence electrons. The Morgan fingerprint density at radius 1 is 1.60 bits per heavy atom.